The molecule has 0 atom stereocenters. The van der Waals surface area contributed by atoms with Crippen LogP contribution in [0.15, 0.2) is 42.6 Å². The van der Waals surface area contributed by atoms with E-state index in [9.17, 15) is 4.79 Å². The first-order valence-corrected chi connectivity index (χ1v) is 9.48. The second-order valence-electron chi connectivity index (χ2n) is 7.39. The Labute approximate surface area is 165 Å². The average Bonchev–Trinajstić information content (AvgIpc) is 3.24. The molecule has 1 aliphatic heterocycles. The molecule has 144 valence electrons. The molecule has 1 aliphatic rings. The van der Waals surface area contributed by atoms with Gasteiger partial charge in [-0.05, 0) is 50.6 Å². The number of pyridine rings is 1. The summed E-state index contributed by atoms with van der Waals surface area (Å²) in [5, 5.41) is 0. The van der Waals surface area contributed by atoms with Crippen molar-refractivity contribution in [1.29, 1.82) is 0 Å². The first-order valence-electron chi connectivity index (χ1n) is 9.48. The number of aryl methyl sites for hydroxylation is 2. The van der Waals surface area contributed by atoms with E-state index in [-0.39, 0.29) is 12.6 Å². The van der Waals surface area contributed by atoms with Gasteiger partial charge in [-0.1, -0.05) is 6.07 Å². The van der Waals surface area contributed by atoms with Crippen LogP contribution in [-0.2, 0) is 13.1 Å². The predicted molar refractivity (Wildman–Crippen MR) is 106 cm³/mol. The molecule has 3 aromatic rings. The number of ether oxygens (including phenoxy) is 2. The van der Waals surface area contributed by atoms with Crippen molar-refractivity contribution in [1.82, 2.24) is 4.57 Å². The molecule has 0 N–H and O–H groups in total. The number of nitrogens with zero attached hydrogens (tertiary/aromatic N) is 2. The number of aromatic nitrogens is 2. The number of hydrogen-bond donors (Lipinski definition) is 0. The van der Waals surface area contributed by atoms with Crippen molar-refractivity contribution in [2.24, 2.45) is 0 Å². The lowest BCUT2D eigenvalue weighted by molar-refractivity contribution is -0.689. The van der Waals surface area contributed by atoms with Crippen LogP contribution in [0.3, 0.4) is 0 Å². The standard InChI is InChI=1S/C23H25N2O3/c1-15-6-5-9-24(17(15)3)13-21(26)20-10-16(2)25(18(20)4)12-19-7-8-22-23(11-19)28-14-27-22/h5-11H,12-14H2,1-4H3/q+1. The quantitative estimate of drug-likeness (QED) is 0.503. The van der Waals surface area contributed by atoms with E-state index in [4.69, 9.17) is 9.47 Å². The Balaban J connectivity index is 1.58. The highest BCUT2D eigenvalue weighted by molar-refractivity contribution is 5.96. The largest absolute Gasteiger partial charge is 0.454 e. The van der Waals surface area contributed by atoms with Crippen LogP contribution in [0, 0.1) is 27.7 Å². The van der Waals surface area contributed by atoms with Gasteiger partial charge < -0.3 is 14.0 Å². The van der Waals surface area contributed by atoms with Gasteiger partial charge in [0.15, 0.2) is 23.4 Å². The van der Waals surface area contributed by atoms with Crippen molar-refractivity contribution < 1.29 is 18.8 Å². The summed E-state index contributed by atoms with van der Waals surface area (Å²) >= 11 is 0. The number of ketones is 1. The number of hydrogen-bond acceptors (Lipinski definition) is 3. The number of carbonyl (C=O) groups excluding carboxylic acids is 1. The summed E-state index contributed by atoms with van der Waals surface area (Å²) in [7, 11) is 0. The van der Waals surface area contributed by atoms with Crippen molar-refractivity contribution in [2.75, 3.05) is 6.79 Å². The highest BCUT2D eigenvalue weighted by Gasteiger charge is 2.21. The number of benzene rings is 1. The summed E-state index contributed by atoms with van der Waals surface area (Å²) in [5.74, 6) is 1.69. The van der Waals surface area contributed by atoms with Gasteiger partial charge in [-0.3, -0.25) is 4.79 Å². The van der Waals surface area contributed by atoms with Crippen molar-refractivity contribution in [3.63, 3.8) is 0 Å². The lowest BCUT2D eigenvalue weighted by atomic mass is 10.1. The van der Waals surface area contributed by atoms with Crippen LogP contribution >= 0.6 is 0 Å². The van der Waals surface area contributed by atoms with E-state index in [0.29, 0.717) is 13.1 Å². The fraction of sp³-hybridized carbons (Fsp3) is 0.304. The van der Waals surface area contributed by atoms with E-state index in [1.165, 1.54) is 5.56 Å². The van der Waals surface area contributed by atoms with E-state index < -0.39 is 0 Å². The van der Waals surface area contributed by atoms with Gasteiger partial charge in [-0.2, -0.15) is 4.57 Å². The van der Waals surface area contributed by atoms with E-state index in [1.54, 1.807) is 0 Å². The molecule has 5 heteroatoms. The Morgan fingerprint density at radius 1 is 1.07 bits per heavy atom. The average molecular weight is 377 g/mol. The highest BCUT2D eigenvalue weighted by atomic mass is 16.7. The molecule has 0 aliphatic carbocycles. The molecule has 28 heavy (non-hydrogen) atoms. The first kappa shape index (κ1) is 18.3. The van der Waals surface area contributed by atoms with Crippen LogP contribution in [0.4, 0.5) is 0 Å². The van der Waals surface area contributed by atoms with Crippen molar-refractivity contribution >= 4 is 5.78 Å². The maximum Gasteiger partial charge on any atom is 0.231 e. The zero-order valence-corrected chi connectivity index (χ0v) is 16.8. The third-order valence-corrected chi connectivity index (χ3v) is 5.58. The fourth-order valence-electron chi connectivity index (χ4n) is 3.71. The van der Waals surface area contributed by atoms with Gasteiger partial charge in [0.2, 0.25) is 19.1 Å². The molecule has 0 amide bonds. The van der Waals surface area contributed by atoms with Crippen LogP contribution in [-0.4, -0.2) is 17.1 Å². The number of rotatable bonds is 5. The van der Waals surface area contributed by atoms with Crippen LogP contribution < -0.4 is 14.0 Å². The molecule has 0 unspecified atom stereocenters. The number of carbonyl (C=O) groups is 1. The summed E-state index contributed by atoms with van der Waals surface area (Å²) in [5.41, 5.74) is 6.27. The smallest absolute Gasteiger partial charge is 0.231 e. The van der Waals surface area contributed by atoms with Crippen molar-refractivity contribution in [2.45, 2.75) is 40.8 Å². The minimum atomic E-state index is 0.128. The third-order valence-electron chi connectivity index (χ3n) is 5.58. The van der Waals surface area contributed by atoms with Gasteiger partial charge in [-0.25, -0.2) is 0 Å². The Kier molecular flexibility index (Phi) is 4.67. The molecule has 1 aromatic carbocycles. The van der Waals surface area contributed by atoms with Gasteiger partial charge in [0.25, 0.3) is 0 Å². The monoisotopic (exact) mass is 377 g/mol. The highest BCUT2D eigenvalue weighted by Crippen LogP contribution is 2.33. The predicted octanol–water partition coefficient (Wildman–Crippen LogP) is 3.67. The van der Waals surface area contributed by atoms with Gasteiger partial charge in [-0.15, -0.1) is 0 Å². The Hall–Kier alpha value is -3.08. The van der Waals surface area contributed by atoms with Crippen molar-refractivity contribution in [3.05, 3.63) is 76.4 Å². The summed E-state index contributed by atoms with van der Waals surface area (Å²) < 4.78 is 15.1. The van der Waals surface area contributed by atoms with Gasteiger partial charge in [0.05, 0.1) is 0 Å². The minimum absolute atomic E-state index is 0.128. The zero-order chi connectivity index (χ0) is 19.8. The molecule has 0 saturated carbocycles. The molecular formula is C23H25N2O3+. The minimum Gasteiger partial charge on any atom is -0.454 e. The molecule has 0 fully saturated rings. The molecule has 4 rings (SSSR count). The summed E-state index contributed by atoms with van der Waals surface area (Å²) in [6, 6.07) is 12.0. The van der Waals surface area contributed by atoms with E-state index in [1.807, 2.05) is 61.9 Å². The molecule has 0 radical (unpaired) electrons. The zero-order valence-electron chi connectivity index (χ0n) is 16.8. The molecule has 0 bridgehead atoms. The second kappa shape index (κ2) is 7.15. The normalized spacial score (nSPS) is 12.4. The number of Topliss-reactive ketones (excluding diaryl/α,β-unsaturated/α-hetero) is 1. The fourth-order valence-corrected chi connectivity index (χ4v) is 3.71. The molecular weight excluding hydrogens is 352 g/mol. The SMILES string of the molecule is Cc1ccc[n+](CC(=O)c2cc(C)n(Cc3ccc4c(c3)OCO4)c2C)c1C. The second-order valence-corrected chi connectivity index (χ2v) is 7.39. The van der Waals surface area contributed by atoms with E-state index in [2.05, 4.69) is 17.6 Å². The lowest BCUT2D eigenvalue weighted by Crippen LogP contribution is -2.41. The van der Waals surface area contributed by atoms with Crippen LogP contribution in [0.5, 0.6) is 11.5 Å². The molecule has 3 heterocycles. The van der Waals surface area contributed by atoms with E-state index >= 15 is 0 Å². The Bertz CT molecular complexity index is 1070. The first-order chi connectivity index (χ1) is 13.4. The Morgan fingerprint density at radius 2 is 1.86 bits per heavy atom. The van der Waals surface area contributed by atoms with Crippen molar-refractivity contribution in [3.8, 4) is 11.5 Å². The molecule has 0 spiro atoms. The molecule has 0 saturated heterocycles. The lowest BCUT2D eigenvalue weighted by Gasteiger charge is -2.10. The third kappa shape index (κ3) is 3.28. The summed E-state index contributed by atoms with van der Waals surface area (Å²) in [4.78, 5) is 13.0. The topological polar surface area (TPSA) is 44.3 Å². The summed E-state index contributed by atoms with van der Waals surface area (Å²) in [6.07, 6.45) is 1.96. The molecule has 2 aromatic heterocycles. The number of fused-ring (bicyclic) bond motifs is 1. The summed E-state index contributed by atoms with van der Waals surface area (Å²) in [6.45, 7) is 9.48. The van der Waals surface area contributed by atoms with Crippen LogP contribution in [0.1, 0.15) is 38.6 Å². The van der Waals surface area contributed by atoms with Gasteiger partial charge >= 0.3 is 0 Å². The van der Waals surface area contributed by atoms with Crippen LogP contribution in [0.25, 0.3) is 0 Å². The maximum atomic E-state index is 13.0. The Morgan fingerprint density at radius 3 is 2.68 bits per heavy atom. The maximum absolute atomic E-state index is 13.0. The van der Waals surface area contributed by atoms with Crippen LogP contribution in [0.2, 0.25) is 0 Å². The van der Waals surface area contributed by atoms with Gasteiger partial charge in [0.1, 0.15) is 0 Å². The van der Waals surface area contributed by atoms with E-state index in [0.717, 1.165) is 39.7 Å². The molecule has 5 nitrogen and oxygen atoms in total. The van der Waals surface area contributed by atoms with Gasteiger partial charge in [0, 0.05) is 42.0 Å².